The summed E-state index contributed by atoms with van der Waals surface area (Å²) in [6.45, 7) is 20.9. The van der Waals surface area contributed by atoms with Crippen molar-refractivity contribution in [1.82, 2.24) is 9.80 Å². The normalized spacial score (nSPS) is 43.8. The monoisotopic (exact) mass is 887 g/mol. The van der Waals surface area contributed by atoms with Crippen LogP contribution in [0.15, 0.2) is 0 Å². The molecule has 9 saturated carbocycles. The molecule has 9 rings (SSSR count). The molecule has 8 atom stereocenters. The molecular formula is C60H106N2O2. The first-order chi connectivity index (χ1) is 30.8. The Morgan fingerprint density at radius 2 is 0.609 bits per heavy atom. The van der Waals surface area contributed by atoms with Gasteiger partial charge in [-0.2, -0.15) is 0 Å². The fourth-order valence-corrected chi connectivity index (χ4v) is 17.7. The van der Waals surface area contributed by atoms with Crippen LogP contribution >= 0.6 is 0 Å². The molecule has 0 aromatic carbocycles. The second kappa shape index (κ2) is 21.5. The Kier molecular flexibility index (Phi) is 16.4. The first kappa shape index (κ1) is 48.8. The number of hydrogen-bond donors (Lipinski definition) is 0. The maximum atomic E-state index is 7.01. The second-order valence-electron chi connectivity index (χ2n) is 27.8. The molecule has 0 heterocycles. The van der Waals surface area contributed by atoms with Gasteiger partial charge in [-0.15, -0.1) is 0 Å². The van der Waals surface area contributed by atoms with Crippen LogP contribution in [0, 0.1) is 58.2 Å². The Balaban J connectivity index is 1.07. The summed E-state index contributed by atoms with van der Waals surface area (Å²) >= 11 is 0. The van der Waals surface area contributed by atoms with E-state index in [2.05, 4.69) is 65.2 Å². The predicted molar refractivity (Wildman–Crippen MR) is 270 cm³/mol. The maximum absolute atomic E-state index is 7.01. The lowest BCUT2D eigenvalue weighted by atomic mass is 9.49. The molecule has 4 heteroatoms. The third kappa shape index (κ3) is 11.4. The average Bonchev–Trinajstić information content (AvgIpc) is 3.29. The summed E-state index contributed by atoms with van der Waals surface area (Å²) in [7, 11) is 0. The molecule has 9 aliphatic carbocycles. The summed E-state index contributed by atoms with van der Waals surface area (Å²) in [6, 6.07) is 4.68. The number of ether oxygens (including phenoxy) is 2. The molecule has 8 unspecified atom stereocenters. The SMILES string of the molecule is CC1CCC(N(C2CCC(OC3CCCCC3)CC2)C2C3CCC(C(C)(C)C)CC3C(N(C3CCC(C)CC3)C3CCC(OC4CCCCC4)CC3)C3CCC(C(C)(C)C)CC32)CC1. The van der Waals surface area contributed by atoms with Crippen molar-refractivity contribution in [3.05, 3.63) is 0 Å². The van der Waals surface area contributed by atoms with Gasteiger partial charge in [0.15, 0.2) is 0 Å². The minimum absolute atomic E-state index is 0.390. The van der Waals surface area contributed by atoms with Crippen LogP contribution in [-0.2, 0) is 9.47 Å². The van der Waals surface area contributed by atoms with E-state index in [1.807, 2.05) is 0 Å². The van der Waals surface area contributed by atoms with E-state index in [1.54, 1.807) is 0 Å². The van der Waals surface area contributed by atoms with Gasteiger partial charge in [-0.05, 0) is 225 Å². The van der Waals surface area contributed by atoms with E-state index in [4.69, 9.17) is 9.47 Å². The molecule has 0 amide bonds. The Morgan fingerprint density at radius 1 is 0.312 bits per heavy atom. The van der Waals surface area contributed by atoms with Crippen LogP contribution in [0.3, 0.4) is 0 Å². The predicted octanol–water partition coefficient (Wildman–Crippen LogP) is 16.0. The summed E-state index contributed by atoms with van der Waals surface area (Å²) in [5, 5.41) is 0. The maximum Gasteiger partial charge on any atom is 0.0580 e. The number of rotatable bonds is 10. The number of fused-ring (bicyclic) bond motifs is 2. The summed E-state index contributed by atoms with van der Waals surface area (Å²) in [6.07, 6.45) is 47.2. The van der Waals surface area contributed by atoms with E-state index in [9.17, 15) is 0 Å². The Morgan fingerprint density at radius 3 is 0.922 bits per heavy atom. The molecule has 0 bridgehead atoms. The van der Waals surface area contributed by atoms with Crippen molar-refractivity contribution in [3.8, 4) is 0 Å². The lowest BCUT2D eigenvalue weighted by Gasteiger charge is -2.66. The molecule has 0 N–H and O–H groups in total. The van der Waals surface area contributed by atoms with Crippen LogP contribution in [0.2, 0.25) is 0 Å². The fourth-order valence-electron chi connectivity index (χ4n) is 17.7. The van der Waals surface area contributed by atoms with Gasteiger partial charge in [0.25, 0.3) is 0 Å². The van der Waals surface area contributed by atoms with Gasteiger partial charge in [-0.25, -0.2) is 0 Å². The fraction of sp³-hybridized carbons (Fsp3) is 1.00. The van der Waals surface area contributed by atoms with Crippen molar-refractivity contribution >= 4 is 0 Å². The van der Waals surface area contributed by atoms with Crippen molar-refractivity contribution in [2.45, 2.75) is 322 Å². The highest BCUT2D eigenvalue weighted by molar-refractivity contribution is 5.13. The van der Waals surface area contributed by atoms with Gasteiger partial charge in [-0.3, -0.25) is 9.80 Å². The van der Waals surface area contributed by atoms with Crippen molar-refractivity contribution in [1.29, 1.82) is 0 Å². The Labute approximate surface area is 397 Å². The third-order valence-corrected chi connectivity index (χ3v) is 21.6. The molecule has 0 aromatic rings. The van der Waals surface area contributed by atoms with E-state index < -0.39 is 0 Å². The van der Waals surface area contributed by atoms with Gasteiger partial charge < -0.3 is 9.47 Å². The molecule has 9 fully saturated rings. The molecule has 9 aliphatic rings. The van der Waals surface area contributed by atoms with Gasteiger partial charge >= 0.3 is 0 Å². The summed E-state index contributed by atoms with van der Waals surface area (Å²) in [5.74, 6) is 6.93. The zero-order chi connectivity index (χ0) is 44.6. The lowest BCUT2D eigenvalue weighted by molar-refractivity contribution is -0.169. The van der Waals surface area contributed by atoms with Crippen molar-refractivity contribution in [2.75, 3.05) is 0 Å². The smallest absolute Gasteiger partial charge is 0.0580 e. The lowest BCUT2D eigenvalue weighted by Crippen LogP contribution is -2.70. The molecule has 368 valence electrons. The molecule has 0 spiro atoms. The van der Waals surface area contributed by atoms with Crippen LogP contribution in [-0.4, -0.2) is 70.5 Å². The highest BCUT2D eigenvalue weighted by Crippen LogP contribution is 2.61. The van der Waals surface area contributed by atoms with Crippen molar-refractivity contribution in [3.63, 3.8) is 0 Å². The zero-order valence-electron chi connectivity index (χ0n) is 43.7. The highest BCUT2D eigenvalue weighted by Gasteiger charge is 2.60. The molecular weight excluding hydrogens is 781 g/mol. The van der Waals surface area contributed by atoms with Crippen LogP contribution in [0.1, 0.15) is 261 Å². The summed E-state index contributed by atoms with van der Waals surface area (Å²) < 4.78 is 14.0. The van der Waals surface area contributed by atoms with Crippen molar-refractivity contribution in [2.24, 2.45) is 58.2 Å². The number of nitrogens with zero attached hydrogens (tertiary/aromatic N) is 2. The molecule has 64 heavy (non-hydrogen) atoms. The Bertz CT molecular complexity index is 1280. The van der Waals surface area contributed by atoms with E-state index in [-0.39, 0.29) is 0 Å². The Hall–Kier alpha value is -0.160. The highest BCUT2D eigenvalue weighted by atomic mass is 16.5. The molecule has 0 radical (unpaired) electrons. The van der Waals surface area contributed by atoms with Crippen LogP contribution in [0.25, 0.3) is 0 Å². The number of hydrogen-bond acceptors (Lipinski definition) is 4. The average molecular weight is 888 g/mol. The minimum atomic E-state index is 0.390. The molecule has 4 nitrogen and oxygen atoms in total. The van der Waals surface area contributed by atoms with E-state index >= 15 is 0 Å². The first-order valence-electron chi connectivity index (χ1n) is 29.7. The zero-order valence-corrected chi connectivity index (χ0v) is 43.7. The molecule has 0 aromatic heterocycles. The van der Waals surface area contributed by atoms with Crippen LogP contribution < -0.4 is 0 Å². The largest absolute Gasteiger partial charge is 0.375 e. The minimum Gasteiger partial charge on any atom is -0.375 e. The third-order valence-electron chi connectivity index (χ3n) is 21.6. The topological polar surface area (TPSA) is 24.9 Å². The first-order valence-corrected chi connectivity index (χ1v) is 29.7. The van der Waals surface area contributed by atoms with E-state index in [1.165, 1.54) is 205 Å². The standard InChI is InChI=1S/C60H106N2O2/c1-41-19-25-45(26-20-41)61(47-29-33-51(34-30-47)63-49-15-11-9-12-16-49)57-53-37-23-44(60(6,7)8)40-56(53)58(54-38-24-43(39-55(54)57)59(3,4)5)62(46-27-21-42(2)22-28-46)48-31-35-52(36-32-48)64-50-17-13-10-14-18-50/h41-58H,9-40H2,1-8H3. The van der Waals surface area contributed by atoms with Gasteiger partial charge in [0, 0.05) is 36.3 Å². The van der Waals surface area contributed by atoms with Gasteiger partial charge in [0.2, 0.25) is 0 Å². The summed E-state index contributed by atoms with van der Waals surface area (Å²) in [5.41, 5.74) is 0.780. The van der Waals surface area contributed by atoms with Gasteiger partial charge in [0.1, 0.15) is 0 Å². The summed E-state index contributed by atoms with van der Waals surface area (Å²) in [4.78, 5) is 6.97. The van der Waals surface area contributed by atoms with E-state index in [0.717, 1.165) is 83.6 Å². The van der Waals surface area contributed by atoms with E-state index in [0.29, 0.717) is 35.2 Å². The molecule has 0 aliphatic heterocycles. The van der Waals surface area contributed by atoms with Crippen LogP contribution in [0.4, 0.5) is 0 Å². The van der Waals surface area contributed by atoms with Crippen molar-refractivity contribution < 1.29 is 9.47 Å². The van der Waals surface area contributed by atoms with Gasteiger partial charge in [0.05, 0.1) is 24.4 Å². The quantitative estimate of drug-likeness (QED) is 0.218. The second-order valence-corrected chi connectivity index (χ2v) is 27.8. The van der Waals surface area contributed by atoms with Crippen LogP contribution in [0.5, 0.6) is 0 Å². The van der Waals surface area contributed by atoms with Gasteiger partial charge in [-0.1, -0.05) is 93.9 Å². The molecule has 0 saturated heterocycles.